The van der Waals surface area contributed by atoms with Gasteiger partial charge in [-0.3, -0.25) is 9.48 Å². The van der Waals surface area contributed by atoms with Crippen LogP contribution < -0.4 is 5.32 Å². The number of hydrogen-bond acceptors (Lipinski definition) is 3. The van der Waals surface area contributed by atoms with Gasteiger partial charge in [0.25, 0.3) is 0 Å². The zero-order valence-electron chi connectivity index (χ0n) is 14.9. The maximum Gasteiger partial charge on any atom is 0.241 e. The van der Waals surface area contributed by atoms with Crippen molar-refractivity contribution in [1.29, 1.82) is 0 Å². The molecule has 1 fully saturated rings. The Balaban J connectivity index is 1.96. The van der Waals surface area contributed by atoms with Gasteiger partial charge >= 0.3 is 0 Å². The first-order chi connectivity index (χ1) is 11.8. The van der Waals surface area contributed by atoms with Gasteiger partial charge in [0, 0.05) is 23.6 Å². The van der Waals surface area contributed by atoms with Crippen molar-refractivity contribution < 1.29 is 4.79 Å². The molecular formula is C19H22ClN3OS. The van der Waals surface area contributed by atoms with Crippen LogP contribution in [0.4, 0.5) is 5.82 Å². The Bertz CT molecular complexity index is 870. The lowest BCUT2D eigenvalue weighted by atomic mass is 9.98. The highest BCUT2D eigenvalue weighted by molar-refractivity contribution is 8.01. The Morgan fingerprint density at radius 2 is 2.08 bits per heavy atom. The number of aryl methyl sites for hydroxylation is 2. The monoisotopic (exact) mass is 375 g/mol. The van der Waals surface area contributed by atoms with Crippen molar-refractivity contribution in [2.75, 3.05) is 5.32 Å². The first kappa shape index (κ1) is 17.0. The van der Waals surface area contributed by atoms with Crippen LogP contribution in [0.3, 0.4) is 0 Å². The smallest absolute Gasteiger partial charge is 0.241 e. The molecule has 4 nitrogen and oxygen atoms in total. The van der Waals surface area contributed by atoms with Gasteiger partial charge in [-0.1, -0.05) is 17.7 Å². The van der Waals surface area contributed by atoms with E-state index in [0.29, 0.717) is 5.92 Å². The number of aromatic nitrogens is 2. The van der Waals surface area contributed by atoms with Crippen molar-refractivity contribution >= 4 is 35.1 Å². The summed E-state index contributed by atoms with van der Waals surface area (Å²) >= 11 is 8.00. The number of fused-ring (bicyclic) bond motifs is 1. The maximum absolute atomic E-state index is 12.8. The fraction of sp³-hybridized carbons (Fsp3) is 0.474. The average molecular weight is 376 g/mol. The van der Waals surface area contributed by atoms with E-state index in [1.165, 1.54) is 24.0 Å². The second-order valence-electron chi connectivity index (χ2n) is 7.51. The van der Waals surface area contributed by atoms with E-state index in [0.717, 1.165) is 22.1 Å². The molecule has 0 spiro atoms. The summed E-state index contributed by atoms with van der Waals surface area (Å²) in [5.41, 5.74) is 4.63. The van der Waals surface area contributed by atoms with Gasteiger partial charge < -0.3 is 5.32 Å². The van der Waals surface area contributed by atoms with Gasteiger partial charge in [0.05, 0.1) is 15.7 Å². The molecule has 0 saturated heterocycles. The number of hydrogen-bond donors (Lipinski definition) is 1. The summed E-state index contributed by atoms with van der Waals surface area (Å²) in [5.74, 6) is 1.36. The van der Waals surface area contributed by atoms with Crippen molar-refractivity contribution in [1.82, 2.24) is 9.78 Å². The number of carbonyl (C=O) groups excluding carboxylic acids is 1. The molecule has 0 radical (unpaired) electrons. The molecule has 1 aliphatic carbocycles. The molecule has 2 aliphatic rings. The molecule has 0 bridgehead atoms. The van der Waals surface area contributed by atoms with E-state index in [9.17, 15) is 4.79 Å². The Kier molecular flexibility index (Phi) is 3.92. The number of benzene rings is 1. The van der Waals surface area contributed by atoms with Crippen LogP contribution in [0.2, 0.25) is 5.02 Å². The normalized spacial score (nSPS) is 22.3. The van der Waals surface area contributed by atoms with E-state index in [2.05, 4.69) is 18.3 Å². The number of amides is 1. The van der Waals surface area contributed by atoms with Crippen LogP contribution in [-0.4, -0.2) is 20.4 Å². The van der Waals surface area contributed by atoms with Gasteiger partial charge in [0.1, 0.15) is 5.82 Å². The molecule has 25 heavy (non-hydrogen) atoms. The summed E-state index contributed by atoms with van der Waals surface area (Å²) in [7, 11) is 1.91. The van der Waals surface area contributed by atoms with Gasteiger partial charge in [-0.2, -0.15) is 5.10 Å². The SMILES string of the molecule is Cc1ccc(Cl)cc1C1SC(C)(C)C(=O)Nc2c1c(C1CC1)nn2C. The topological polar surface area (TPSA) is 46.9 Å². The predicted molar refractivity (Wildman–Crippen MR) is 104 cm³/mol. The fourth-order valence-electron chi connectivity index (χ4n) is 3.40. The third-order valence-electron chi connectivity index (χ3n) is 5.05. The van der Waals surface area contributed by atoms with E-state index in [-0.39, 0.29) is 11.2 Å². The standard InChI is InChI=1S/C19H22ClN3OS/c1-10-5-8-12(20)9-13(10)16-14-15(11-6-7-11)22-23(4)17(14)21-18(24)19(2,3)25-16/h5,8-9,11,16H,6-7H2,1-4H3,(H,21,24). The zero-order valence-corrected chi connectivity index (χ0v) is 16.5. The zero-order chi connectivity index (χ0) is 17.9. The van der Waals surface area contributed by atoms with Crippen molar-refractivity contribution in [3.05, 3.63) is 45.6 Å². The summed E-state index contributed by atoms with van der Waals surface area (Å²) in [6.07, 6.45) is 2.35. The molecule has 1 amide bonds. The highest BCUT2D eigenvalue weighted by Gasteiger charge is 2.43. The summed E-state index contributed by atoms with van der Waals surface area (Å²) in [5, 5.41) is 8.64. The maximum atomic E-state index is 12.8. The molecule has 1 aliphatic heterocycles. The third kappa shape index (κ3) is 2.87. The predicted octanol–water partition coefficient (Wildman–Crippen LogP) is 4.81. The molecule has 1 saturated carbocycles. The van der Waals surface area contributed by atoms with Gasteiger partial charge in [-0.05, 0) is 56.9 Å². The molecule has 1 aromatic carbocycles. The number of thioether (sulfide) groups is 1. The van der Waals surface area contributed by atoms with E-state index in [4.69, 9.17) is 16.7 Å². The van der Waals surface area contributed by atoms with Crippen molar-refractivity contribution in [3.8, 4) is 0 Å². The third-order valence-corrected chi connectivity index (χ3v) is 6.79. The van der Waals surface area contributed by atoms with Gasteiger partial charge in [-0.15, -0.1) is 11.8 Å². The summed E-state index contributed by atoms with van der Waals surface area (Å²) in [4.78, 5) is 12.8. The largest absolute Gasteiger partial charge is 0.309 e. The molecule has 2 heterocycles. The van der Waals surface area contributed by atoms with Crippen LogP contribution in [-0.2, 0) is 11.8 Å². The van der Waals surface area contributed by atoms with Crippen LogP contribution in [0.1, 0.15) is 60.2 Å². The molecular weight excluding hydrogens is 354 g/mol. The quantitative estimate of drug-likeness (QED) is 0.819. The molecule has 1 unspecified atom stereocenters. The van der Waals surface area contributed by atoms with Crippen LogP contribution >= 0.6 is 23.4 Å². The van der Waals surface area contributed by atoms with E-state index >= 15 is 0 Å². The van der Waals surface area contributed by atoms with Crippen LogP contribution in [0.5, 0.6) is 0 Å². The number of rotatable bonds is 2. The lowest BCUT2D eigenvalue weighted by Crippen LogP contribution is -2.33. The summed E-state index contributed by atoms with van der Waals surface area (Å²) in [6.45, 7) is 6.07. The minimum absolute atomic E-state index is 0.0197. The molecule has 1 aromatic heterocycles. The second kappa shape index (κ2) is 5.78. The van der Waals surface area contributed by atoms with Crippen molar-refractivity contribution in [2.24, 2.45) is 7.05 Å². The Morgan fingerprint density at radius 3 is 2.76 bits per heavy atom. The van der Waals surface area contributed by atoms with Crippen LogP contribution in [0.25, 0.3) is 0 Å². The first-order valence-electron chi connectivity index (χ1n) is 8.60. The molecule has 4 rings (SSSR count). The molecule has 1 N–H and O–H groups in total. The average Bonchev–Trinajstić information content (AvgIpc) is 3.34. The van der Waals surface area contributed by atoms with Gasteiger partial charge in [0.2, 0.25) is 5.91 Å². The Hall–Kier alpha value is -1.46. The number of halogens is 1. The number of carbonyl (C=O) groups is 1. The minimum atomic E-state index is -0.542. The van der Waals surface area contributed by atoms with Crippen molar-refractivity contribution in [2.45, 2.75) is 49.5 Å². The molecule has 132 valence electrons. The lowest BCUT2D eigenvalue weighted by molar-refractivity contribution is -0.117. The summed E-state index contributed by atoms with van der Waals surface area (Å²) < 4.78 is 1.29. The number of nitrogens with one attached hydrogen (secondary N) is 1. The Morgan fingerprint density at radius 1 is 1.36 bits per heavy atom. The molecule has 2 aromatic rings. The fourth-order valence-corrected chi connectivity index (χ4v) is 5.06. The summed E-state index contributed by atoms with van der Waals surface area (Å²) in [6, 6.07) is 6.01. The van der Waals surface area contributed by atoms with Gasteiger partial charge in [0.15, 0.2) is 0 Å². The molecule has 1 atom stereocenters. The van der Waals surface area contributed by atoms with Crippen LogP contribution in [0.15, 0.2) is 18.2 Å². The number of anilines is 1. The number of nitrogens with zero attached hydrogens (tertiary/aromatic N) is 2. The van der Waals surface area contributed by atoms with E-state index < -0.39 is 4.75 Å². The van der Waals surface area contributed by atoms with Crippen LogP contribution in [0, 0.1) is 6.92 Å². The first-order valence-corrected chi connectivity index (χ1v) is 9.86. The van der Waals surface area contributed by atoms with Gasteiger partial charge in [-0.25, -0.2) is 0 Å². The Labute approximate surface area is 157 Å². The highest BCUT2D eigenvalue weighted by atomic mass is 35.5. The lowest BCUT2D eigenvalue weighted by Gasteiger charge is -2.26. The second-order valence-corrected chi connectivity index (χ2v) is 9.67. The van der Waals surface area contributed by atoms with E-state index in [1.54, 1.807) is 11.8 Å². The van der Waals surface area contributed by atoms with E-state index in [1.807, 2.05) is 37.7 Å². The van der Waals surface area contributed by atoms with Crippen molar-refractivity contribution in [3.63, 3.8) is 0 Å². The highest BCUT2D eigenvalue weighted by Crippen LogP contribution is 2.54. The molecule has 6 heteroatoms. The minimum Gasteiger partial charge on any atom is -0.309 e.